The number of amides is 1. The number of carbonyl (C=O) groups is 2. The van der Waals surface area contributed by atoms with Crippen molar-refractivity contribution in [3.8, 4) is 11.3 Å². The zero-order valence-electron chi connectivity index (χ0n) is 14.8. The third kappa shape index (κ3) is 4.27. The maximum Gasteiger partial charge on any atom is 0.352 e. The van der Waals surface area contributed by atoms with E-state index in [1.165, 1.54) is 12.2 Å². The molecule has 0 aliphatic carbocycles. The molecule has 1 heterocycles. The van der Waals surface area contributed by atoms with Crippen LogP contribution in [0.2, 0.25) is 10.0 Å². The van der Waals surface area contributed by atoms with E-state index in [2.05, 4.69) is 10.3 Å². The van der Waals surface area contributed by atoms with Gasteiger partial charge in [-0.15, -0.1) is 0 Å². The molecule has 2 aromatic carbocycles. The van der Waals surface area contributed by atoms with Crippen LogP contribution in [-0.2, 0) is 4.79 Å². The Hall–Kier alpha value is -3.02. The summed E-state index contributed by atoms with van der Waals surface area (Å²) in [5.41, 5.74) is 2.86. The molecule has 0 unspecified atom stereocenters. The summed E-state index contributed by atoms with van der Waals surface area (Å²) in [6.45, 7) is 1.76. The number of H-pyrrole nitrogens is 1. The summed E-state index contributed by atoms with van der Waals surface area (Å²) in [4.78, 5) is 26.7. The van der Waals surface area contributed by atoms with Crippen LogP contribution in [0.1, 0.15) is 21.6 Å². The van der Waals surface area contributed by atoms with Gasteiger partial charge in [0.2, 0.25) is 5.91 Å². The fourth-order valence-electron chi connectivity index (χ4n) is 2.81. The number of carboxylic acid groups (broad SMARTS) is 1. The average Bonchev–Trinajstić information content (AvgIpc) is 2.97. The van der Waals surface area contributed by atoms with Crippen LogP contribution in [-0.4, -0.2) is 22.0 Å². The lowest BCUT2D eigenvalue weighted by Gasteiger charge is -2.04. The van der Waals surface area contributed by atoms with Gasteiger partial charge in [0.1, 0.15) is 5.69 Å². The van der Waals surface area contributed by atoms with Gasteiger partial charge in [0.05, 0.1) is 10.7 Å². The lowest BCUT2D eigenvalue weighted by atomic mass is 10.0. The lowest BCUT2D eigenvalue weighted by molar-refractivity contribution is -0.111. The molecular formula is C21H16Cl2N2O3. The summed E-state index contributed by atoms with van der Waals surface area (Å²) < 4.78 is 0. The Balaban J connectivity index is 1.95. The van der Waals surface area contributed by atoms with E-state index in [4.69, 9.17) is 23.2 Å². The smallest absolute Gasteiger partial charge is 0.352 e. The predicted molar refractivity (Wildman–Crippen MR) is 112 cm³/mol. The summed E-state index contributed by atoms with van der Waals surface area (Å²) in [7, 11) is 0. The summed E-state index contributed by atoms with van der Waals surface area (Å²) in [6, 6.07) is 13.9. The standard InChI is InChI=1S/C21H16Cl2N2O3/c1-12-15(9-10-18(26)24-14-5-3-2-4-6-14)20(21(27)28)25-19(12)16-8-7-13(22)11-17(16)23/h2-11,25H,1H3,(H,24,26)(H,27,28)/b10-9+. The number of para-hydroxylation sites is 1. The molecule has 3 rings (SSSR count). The first-order valence-corrected chi connectivity index (χ1v) is 9.08. The number of aromatic nitrogens is 1. The Labute approximate surface area is 171 Å². The van der Waals surface area contributed by atoms with E-state index in [9.17, 15) is 14.7 Å². The third-order valence-electron chi connectivity index (χ3n) is 4.16. The predicted octanol–water partition coefficient (Wildman–Crippen LogP) is 5.65. The van der Waals surface area contributed by atoms with Gasteiger partial charge in [0.15, 0.2) is 0 Å². The van der Waals surface area contributed by atoms with E-state index >= 15 is 0 Å². The van der Waals surface area contributed by atoms with E-state index in [0.29, 0.717) is 38.1 Å². The van der Waals surface area contributed by atoms with Crippen LogP contribution in [0.25, 0.3) is 17.3 Å². The van der Waals surface area contributed by atoms with Crippen molar-refractivity contribution in [2.75, 3.05) is 5.32 Å². The van der Waals surface area contributed by atoms with Crippen LogP contribution in [0.15, 0.2) is 54.6 Å². The van der Waals surface area contributed by atoms with Gasteiger partial charge >= 0.3 is 5.97 Å². The third-order valence-corrected chi connectivity index (χ3v) is 4.70. The second-order valence-corrected chi connectivity index (χ2v) is 6.88. The monoisotopic (exact) mass is 414 g/mol. The van der Waals surface area contributed by atoms with Crippen molar-refractivity contribution >= 4 is 46.8 Å². The van der Waals surface area contributed by atoms with E-state index in [1.54, 1.807) is 49.4 Å². The molecule has 0 spiro atoms. The number of carbonyl (C=O) groups excluding carboxylic acids is 1. The van der Waals surface area contributed by atoms with Crippen molar-refractivity contribution in [1.82, 2.24) is 4.98 Å². The minimum Gasteiger partial charge on any atom is -0.477 e. The first-order chi connectivity index (χ1) is 13.4. The number of halogens is 2. The summed E-state index contributed by atoms with van der Waals surface area (Å²) in [6.07, 6.45) is 2.77. The molecule has 0 aliphatic heterocycles. The van der Waals surface area contributed by atoms with Gasteiger partial charge < -0.3 is 15.4 Å². The average molecular weight is 415 g/mol. The van der Waals surface area contributed by atoms with Gasteiger partial charge in [0.25, 0.3) is 0 Å². The van der Waals surface area contributed by atoms with Gasteiger partial charge in [0, 0.05) is 27.9 Å². The molecule has 0 fully saturated rings. The number of hydrogen-bond donors (Lipinski definition) is 3. The van der Waals surface area contributed by atoms with Gasteiger partial charge in [-0.25, -0.2) is 4.79 Å². The van der Waals surface area contributed by atoms with Crippen molar-refractivity contribution in [2.45, 2.75) is 6.92 Å². The molecule has 0 bridgehead atoms. The largest absolute Gasteiger partial charge is 0.477 e. The van der Waals surface area contributed by atoms with Crippen molar-refractivity contribution in [1.29, 1.82) is 0 Å². The number of aromatic carboxylic acids is 1. The van der Waals surface area contributed by atoms with Crippen LogP contribution < -0.4 is 5.32 Å². The van der Waals surface area contributed by atoms with Crippen molar-refractivity contribution < 1.29 is 14.7 Å². The summed E-state index contributed by atoms with van der Waals surface area (Å²) in [5.74, 6) is -1.50. The van der Waals surface area contributed by atoms with E-state index < -0.39 is 5.97 Å². The number of aromatic amines is 1. The number of hydrogen-bond acceptors (Lipinski definition) is 2. The second-order valence-electron chi connectivity index (χ2n) is 6.03. The quantitative estimate of drug-likeness (QED) is 0.471. The molecule has 3 N–H and O–H groups in total. The van der Waals surface area contributed by atoms with Crippen molar-refractivity contribution in [2.24, 2.45) is 0 Å². The normalized spacial score (nSPS) is 11.0. The number of rotatable bonds is 5. The van der Waals surface area contributed by atoms with Crippen LogP contribution in [0.3, 0.4) is 0 Å². The highest BCUT2D eigenvalue weighted by molar-refractivity contribution is 6.36. The molecule has 1 amide bonds. The highest BCUT2D eigenvalue weighted by Gasteiger charge is 2.20. The van der Waals surface area contributed by atoms with Crippen LogP contribution in [0.5, 0.6) is 0 Å². The number of benzene rings is 2. The maximum absolute atomic E-state index is 12.2. The maximum atomic E-state index is 12.2. The molecule has 7 heteroatoms. The first kappa shape index (κ1) is 19.7. The number of nitrogens with one attached hydrogen (secondary N) is 2. The SMILES string of the molecule is Cc1c(-c2ccc(Cl)cc2Cl)[nH]c(C(=O)O)c1/C=C/C(=O)Nc1ccccc1. The molecule has 28 heavy (non-hydrogen) atoms. The van der Waals surface area contributed by atoms with Gasteiger partial charge in [-0.3, -0.25) is 4.79 Å². The number of anilines is 1. The van der Waals surface area contributed by atoms with E-state index in [-0.39, 0.29) is 11.6 Å². The highest BCUT2D eigenvalue weighted by Crippen LogP contribution is 2.34. The molecule has 0 saturated carbocycles. The van der Waals surface area contributed by atoms with Crippen LogP contribution >= 0.6 is 23.2 Å². The van der Waals surface area contributed by atoms with Gasteiger partial charge in [-0.2, -0.15) is 0 Å². The second kappa shape index (κ2) is 8.33. The minimum absolute atomic E-state index is 0.0257. The highest BCUT2D eigenvalue weighted by atomic mass is 35.5. The van der Waals surface area contributed by atoms with Crippen LogP contribution in [0.4, 0.5) is 5.69 Å². The molecule has 0 atom stereocenters. The fraction of sp³-hybridized carbons (Fsp3) is 0.0476. The lowest BCUT2D eigenvalue weighted by Crippen LogP contribution is -2.07. The Morgan fingerprint density at radius 2 is 1.82 bits per heavy atom. The van der Waals surface area contributed by atoms with Crippen molar-refractivity contribution in [3.63, 3.8) is 0 Å². The number of carboxylic acids is 1. The molecular weight excluding hydrogens is 399 g/mol. The van der Waals surface area contributed by atoms with Crippen molar-refractivity contribution in [3.05, 3.63) is 81.5 Å². The Kier molecular flexibility index (Phi) is 5.87. The van der Waals surface area contributed by atoms with Gasteiger partial charge in [-0.1, -0.05) is 41.4 Å². The Bertz CT molecular complexity index is 1070. The Morgan fingerprint density at radius 3 is 2.46 bits per heavy atom. The molecule has 142 valence electrons. The Morgan fingerprint density at radius 1 is 1.11 bits per heavy atom. The van der Waals surface area contributed by atoms with E-state index in [1.807, 2.05) is 6.07 Å². The molecule has 5 nitrogen and oxygen atoms in total. The molecule has 0 radical (unpaired) electrons. The molecule has 0 saturated heterocycles. The summed E-state index contributed by atoms with van der Waals surface area (Å²) in [5, 5.41) is 13.1. The van der Waals surface area contributed by atoms with Gasteiger partial charge in [-0.05, 0) is 48.9 Å². The van der Waals surface area contributed by atoms with Crippen LogP contribution in [0, 0.1) is 6.92 Å². The molecule has 1 aromatic heterocycles. The zero-order valence-corrected chi connectivity index (χ0v) is 16.3. The molecule has 0 aliphatic rings. The zero-order chi connectivity index (χ0) is 20.3. The molecule has 3 aromatic rings. The first-order valence-electron chi connectivity index (χ1n) is 8.32. The fourth-order valence-corrected chi connectivity index (χ4v) is 3.31. The van der Waals surface area contributed by atoms with E-state index in [0.717, 1.165) is 0 Å². The summed E-state index contributed by atoms with van der Waals surface area (Å²) >= 11 is 12.2. The topological polar surface area (TPSA) is 82.2 Å². The minimum atomic E-state index is -1.14.